The molecule has 1 saturated heterocycles. The number of fused-ring (bicyclic) bond motifs is 1. The number of hydrogen-bond acceptors (Lipinski definition) is 5. The van der Waals surface area contributed by atoms with Gasteiger partial charge in [-0.05, 0) is 85.3 Å². The number of hydrogen-bond donors (Lipinski definition) is 2. The molecule has 1 aromatic heterocycles. The topological polar surface area (TPSA) is 74.4 Å². The number of aromatic amines is 1. The summed E-state index contributed by atoms with van der Waals surface area (Å²) in [4.78, 5) is 5.86. The Kier molecular flexibility index (Phi) is 5.59. The fourth-order valence-electron chi connectivity index (χ4n) is 3.71. The molecule has 0 atom stereocenters. The Balaban J connectivity index is 1.69. The van der Waals surface area contributed by atoms with Gasteiger partial charge in [0.15, 0.2) is 0 Å². The summed E-state index contributed by atoms with van der Waals surface area (Å²) >= 11 is 3.55. The molecule has 6 nitrogen and oxygen atoms in total. The van der Waals surface area contributed by atoms with Crippen LogP contribution in [0.15, 0.2) is 56.9 Å². The highest BCUT2D eigenvalue weighted by molar-refractivity contribution is 9.10. The minimum atomic E-state index is -3.69. The molecular formula is C21H24BrN3O3S. The van der Waals surface area contributed by atoms with Crippen molar-refractivity contribution in [3.8, 4) is 5.75 Å². The van der Waals surface area contributed by atoms with Crippen molar-refractivity contribution >= 4 is 42.4 Å². The molecule has 0 saturated carbocycles. The van der Waals surface area contributed by atoms with Gasteiger partial charge < -0.3 is 19.9 Å². The highest BCUT2D eigenvalue weighted by Crippen LogP contribution is 2.34. The molecule has 29 heavy (non-hydrogen) atoms. The number of likely N-dealkylation sites (tertiary alicyclic amines) is 1. The van der Waals surface area contributed by atoms with Crippen LogP contribution in [0.4, 0.5) is 5.69 Å². The van der Waals surface area contributed by atoms with E-state index < -0.39 is 9.84 Å². The molecule has 0 unspecified atom stereocenters. The average Bonchev–Trinajstić information content (AvgIpc) is 3.15. The zero-order valence-corrected chi connectivity index (χ0v) is 18.8. The molecule has 154 valence electrons. The number of methoxy groups -OCH3 is 1. The molecule has 0 radical (unpaired) electrons. The van der Waals surface area contributed by atoms with Gasteiger partial charge in [-0.15, -0.1) is 0 Å². The van der Waals surface area contributed by atoms with E-state index in [0.29, 0.717) is 17.2 Å². The van der Waals surface area contributed by atoms with Crippen LogP contribution >= 0.6 is 15.9 Å². The van der Waals surface area contributed by atoms with Crippen molar-refractivity contribution in [2.75, 3.05) is 32.6 Å². The Hall–Kier alpha value is -2.03. The second-order valence-electron chi connectivity index (χ2n) is 7.43. The summed E-state index contributed by atoms with van der Waals surface area (Å²) in [6.07, 6.45) is 3.61. The van der Waals surface area contributed by atoms with Gasteiger partial charge in [0.2, 0.25) is 9.84 Å². The van der Waals surface area contributed by atoms with Gasteiger partial charge in [-0.25, -0.2) is 8.42 Å². The fourth-order valence-corrected chi connectivity index (χ4v) is 5.51. The molecule has 0 aliphatic carbocycles. The van der Waals surface area contributed by atoms with Crippen LogP contribution in [0.5, 0.6) is 5.75 Å². The van der Waals surface area contributed by atoms with Crippen LogP contribution in [-0.2, 0) is 9.84 Å². The van der Waals surface area contributed by atoms with Crippen molar-refractivity contribution in [3.05, 3.63) is 47.1 Å². The molecule has 4 rings (SSSR count). The maximum Gasteiger partial charge on any atom is 0.208 e. The van der Waals surface area contributed by atoms with E-state index >= 15 is 0 Å². The van der Waals surface area contributed by atoms with E-state index in [4.69, 9.17) is 4.74 Å². The number of nitrogens with one attached hydrogen (secondary N) is 2. The van der Waals surface area contributed by atoms with Crippen LogP contribution < -0.4 is 10.1 Å². The molecule has 3 aromatic rings. The first-order chi connectivity index (χ1) is 13.9. The Bertz CT molecular complexity index is 1140. The highest BCUT2D eigenvalue weighted by Gasteiger charge is 2.24. The smallest absolute Gasteiger partial charge is 0.208 e. The quantitative estimate of drug-likeness (QED) is 0.573. The molecule has 1 aliphatic rings. The Labute approximate surface area is 179 Å². The summed E-state index contributed by atoms with van der Waals surface area (Å²) in [5.74, 6) is 0.619. The summed E-state index contributed by atoms with van der Waals surface area (Å²) < 4.78 is 32.9. The van der Waals surface area contributed by atoms with Gasteiger partial charge >= 0.3 is 0 Å². The van der Waals surface area contributed by atoms with Crippen molar-refractivity contribution in [2.45, 2.75) is 28.7 Å². The van der Waals surface area contributed by atoms with Gasteiger partial charge in [0.25, 0.3) is 0 Å². The number of H-pyrrole nitrogens is 1. The third kappa shape index (κ3) is 4.01. The largest absolute Gasteiger partial charge is 0.497 e. The first kappa shape index (κ1) is 20.3. The number of piperidine rings is 1. The molecule has 1 aliphatic heterocycles. The third-order valence-electron chi connectivity index (χ3n) is 5.47. The minimum Gasteiger partial charge on any atom is -0.497 e. The molecular weight excluding hydrogens is 454 g/mol. The average molecular weight is 478 g/mol. The van der Waals surface area contributed by atoms with Crippen LogP contribution in [0.2, 0.25) is 0 Å². The number of benzene rings is 2. The maximum atomic E-state index is 13.4. The summed E-state index contributed by atoms with van der Waals surface area (Å²) in [6, 6.07) is 10.8. The third-order valence-corrected chi connectivity index (χ3v) is 7.95. The van der Waals surface area contributed by atoms with Crippen LogP contribution in [-0.4, -0.2) is 51.6 Å². The molecule has 2 aromatic carbocycles. The number of anilines is 1. The first-order valence-corrected chi connectivity index (χ1v) is 11.8. The van der Waals surface area contributed by atoms with Crippen LogP contribution in [0.25, 0.3) is 10.9 Å². The van der Waals surface area contributed by atoms with Crippen molar-refractivity contribution in [1.82, 2.24) is 9.88 Å². The van der Waals surface area contributed by atoms with Gasteiger partial charge in [-0.2, -0.15) is 0 Å². The summed E-state index contributed by atoms with van der Waals surface area (Å²) in [5.41, 5.74) is 1.56. The lowest BCUT2D eigenvalue weighted by molar-refractivity contribution is 0.264. The van der Waals surface area contributed by atoms with Gasteiger partial charge in [0.1, 0.15) is 5.75 Å². The van der Waals surface area contributed by atoms with Crippen LogP contribution in [0.3, 0.4) is 0 Å². The second-order valence-corrected chi connectivity index (χ2v) is 10.2. The lowest BCUT2D eigenvalue weighted by Gasteiger charge is -2.30. The van der Waals surface area contributed by atoms with E-state index in [9.17, 15) is 8.42 Å². The van der Waals surface area contributed by atoms with Gasteiger partial charge in [-0.1, -0.05) is 0 Å². The van der Waals surface area contributed by atoms with E-state index in [1.54, 1.807) is 43.6 Å². The van der Waals surface area contributed by atoms with Gasteiger partial charge in [0, 0.05) is 33.3 Å². The molecule has 2 N–H and O–H groups in total. The molecule has 2 heterocycles. The van der Waals surface area contributed by atoms with E-state index in [-0.39, 0.29) is 9.79 Å². The molecule has 0 spiro atoms. The number of sulfone groups is 1. The summed E-state index contributed by atoms with van der Waals surface area (Å²) in [6.45, 7) is 2.06. The van der Waals surface area contributed by atoms with E-state index in [0.717, 1.165) is 41.6 Å². The molecule has 0 amide bonds. The van der Waals surface area contributed by atoms with E-state index in [1.165, 1.54) is 0 Å². The van der Waals surface area contributed by atoms with Crippen LogP contribution in [0, 0.1) is 0 Å². The Morgan fingerprint density at radius 1 is 1.17 bits per heavy atom. The van der Waals surface area contributed by atoms with Crippen LogP contribution in [0.1, 0.15) is 12.8 Å². The lowest BCUT2D eigenvalue weighted by Crippen LogP contribution is -2.36. The normalized spacial score (nSPS) is 16.2. The van der Waals surface area contributed by atoms with Crippen molar-refractivity contribution in [2.24, 2.45) is 0 Å². The fraction of sp³-hybridized carbons (Fsp3) is 0.333. The highest BCUT2D eigenvalue weighted by atomic mass is 79.9. The Morgan fingerprint density at radius 3 is 2.66 bits per heavy atom. The minimum absolute atomic E-state index is 0.249. The first-order valence-electron chi connectivity index (χ1n) is 9.53. The predicted molar refractivity (Wildman–Crippen MR) is 119 cm³/mol. The maximum absolute atomic E-state index is 13.4. The zero-order chi connectivity index (χ0) is 20.6. The zero-order valence-electron chi connectivity index (χ0n) is 16.4. The Morgan fingerprint density at radius 2 is 1.93 bits per heavy atom. The number of aromatic nitrogens is 1. The SMILES string of the molecule is COc1ccc2[nH]cc(S(=O)(=O)c3ccc(Br)c(NC4CCN(C)CC4)c3)c2c1. The van der Waals surface area contributed by atoms with Crippen molar-refractivity contribution < 1.29 is 13.2 Å². The van der Waals surface area contributed by atoms with Gasteiger partial charge in [0.05, 0.1) is 16.9 Å². The second kappa shape index (κ2) is 8.01. The standard InChI is InChI=1S/C21H24BrN3O3S/c1-25-9-7-14(8-10-25)24-20-12-16(4-5-18(20)22)29(26,27)21-13-23-19-6-3-15(28-2)11-17(19)21/h3-6,11-14,23-24H,7-10H2,1-2H3. The summed E-state index contributed by atoms with van der Waals surface area (Å²) in [7, 11) is -0.00423. The van der Waals surface area contributed by atoms with Gasteiger partial charge in [-0.3, -0.25) is 0 Å². The number of rotatable bonds is 5. The summed E-state index contributed by atoms with van der Waals surface area (Å²) in [5, 5.41) is 4.14. The number of ether oxygens (including phenoxy) is 1. The number of halogens is 1. The van der Waals surface area contributed by atoms with E-state index in [1.807, 2.05) is 6.07 Å². The molecule has 8 heteroatoms. The van der Waals surface area contributed by atoms with Crippen molar-refractivity contribution in [1.29, 1.82) is 0 Å². The predicted octanol–water partition coefficient (Wildman–Crippen LogP) is 4.28. The number of nitrogens with zero attached hydrogens (tertiary/aromatic N) is 1. The molecule has 1 fully saturated rings. The van der Waals surface area contributed by atoms with Crippen molar-refractivity contribution in [3.63, 3.8) is 0 Å². The monoisotopic (exact) mass is 477 g/mol. The molecule has 0 bridgehead atoms. The van der Waals surface area contributed by atoms with E-state index in [2.05, 4.69) is 38.2 Å². The lowest BCUT2D eigenvalue weighted by atomic mass is 10.1.